The van der Waals surface area contributed by atoms with Gasteiger partial charge in [-0.2, -0.15) is 0 Å². The maximum Gasteiger partial charge on any atom is 0.410 e. The topological polar surface area (TPSA) is 89.1 Å². The van der Waals surface area contributed by atoms with Gasteiger partial charge in [0.25, 0.3) is 5.69 Å². The first-order chi connectivity index (χ1) is 15.2. The molecule has 32 heavy (non-hydrogen) atoms. The summed E-state index contributed by atoms with van der Waals surface area (Å²) in [6.07, 6.45) is -0.275. The third-order valence-corrected chi connectivity index (χ3v) is 5.44. The van der Waals surface area contributed by atoms with Crippen LogP contribution in [0.15, 0.2) is 52.9 Å². The largest absolute Gasteiger partial charge is 0.456 e. The third kappa shape index (κ3) is 4.75. The summed E-state index contributed by atoms with van der Waals surface area (Å²) in [6.45, 7) is 9.00. The molecule has 3 aromatic rings. The van der Waals surface area contributed by atoms with Gasteiger partial charge in [-0.25, -0.2) is 4.79 Å². The normalized spacial score (nSPS) is 15.2. The molecule has 0 saturated carbocycles. The van der Waals surface area contributed by atoms with Crippen molar-refractivity contribution < 1.29 is 18.9 Å². The Hall–Kier alpha value is -3.39. The molecular weight excluding hydrogens is 410 g/mol. The van der Waals surface area contributed by atoms with Crippen molar-refractivity contribution in [1.29, 1.82) is 0 Å². The Kier molecular flexibility index (Phi) is 5.88. The number of rotatable bonds is 4. The van der Waals surface area contributed by atoms with E-state index in [1.807, 2.05) is 45.0 Å². The number of benzene rings is 2. The minimum absolute atomic E-state index is 0.0198. The fourth-order valence-electron chi connectivity index (χ4n) is 3.89. The van der Waals surface area contributed by atoms with Crippen molar-refractivity contribution in [3.8, 4) is 11.3 Å². The zero-order valence-corrected chi connectivity index (χ0v) is 18.5. The summed E-state index contributed by atoms with van der Waals surface area (Å²) in [5.41, 5.74) is 1.76. The summed E-state index contributed by atoms with van der Waals surface area (Å²) in [7, 11) is 0. The number of nitrogens with zero attached hydrogens (tertiary/aromatic N) is 3. The van der Waals surface area contributed by atoms with Crippen LogP contribution in [0, 0.1) is 10.1 Å². The van der Waals surface area contributed by atoms with E-state index in [9.17, 15) is 14.9 Å². The Morgan fingerprint density at radius 1 is 1.09 bits per heavy atom. The van der Waals surface area contributed by atoms with Crippen molar-refractivity contribution >= 4 is 22.7 Å². The predicted molar refractivity (Wildman–Crippen MR) is 121 cm³/mol. The summed E-state index contributed by atoms with van der Waals surface area (Å²) in [5, 5.41) is 12.4. The minimum Gasteiger partial charge on any atom is -0.456 e. The zero-order chi connectivity index (χ0) is 22.9. The number of ether oxygens (including phenoxy) is 1. The van der Waals surface area contributed by atoms with Gasteiger partial charge in [0, 0.05) is 44.2 Å². The van der Waals surface area contributed by atoms with E-state index >= 15 is 0 Å². The number of hydrogen-bond donors (Lipinski definition) is 0. The molecule has 0 aliphatic carbocycles. The Morgan fingerprint density at radius 2 is 1.81 bits per heavy atom. The second-order valence-electron chi connectivity index (χ2n) is 8.96. The van der Waals surface area contributed by atoms with Crippen molar-refractivity contribution in [2.45, 2.75) is 32.9 Å². The van der Waals surface area contributed by atoms with Crippen LogP contribution in [0.3, 0.4) is 0 Å². The summed E-state index contributed by atoms with van der Waals surface area (Å²) in [6, 6.07) is 14.3. The highest BCUT2D eigenvalue weighted by atomic mass is 16.6. The monoisotopic (exact) mass is 437 g/mol. The molecule has 0 spiro atoms. The van der Waals surface area contributed by atoms with E-state index in [-0.39, 0.29) is 11.8 Å². The Morgan fingerprint density at radius 3 is 2.50 bits per heavy atom. The average Bonchev–Trinajstić information content (AvgIpc) is 3.18. The number of carbonyl (C=O) groups is 1. The first-order valence-corrected chi connectivity index (χ1v) is 10.7. The van der Waals surface area contributed by atoms with E-state index in [2.05, 4.69) is 4.90 Å². The van der Waals surface area contributed by atoms with Gasteiger partial charge in [-0.05, 0) is 44.5 Å². The second-order valence-corrected chi connectivity index (χ2v) is 8.96. The number of fused-ring (bicyclic) bond motifs is 1. The average molecular weight is 437 g/mol. The first-order valence-electron chi connectivity index (χ1n) is 10.7. The molecule has 0 unspecified atom stereocenters. The lowest BCUT2D eigenvalue weighted by Gasteiger charge is -2.35. The number of nitro groups is 1. The van der Waals surface area contributed by atoms with Crippen LogP contribution < -0.4 is 0 Å². The van der Waals surface area contributed by atoms with Gasteiger partial charge in [-0.3, -0.25) is 15.0 Å². The minimum atomic E-state index is -0.503. The van der Waals surface area contributed by atoms with Gasteiger partial charge in [0.1, 0.15) is 16.9 Å². The Balaban J connectivity index is 1.50. The van der Waals surface area contributed by atoms with Crippen LogP contribution in [0.4, 0.5) is 10.5 Å². The van der Waals surface area contributed by atoms with Crippen LogP contribution in [-0.2, 0) is 11.3 Å². The van der Waals surface area contributed by atoms with Gasteiger partial charge >= 0.3 is 6.09 Å². The van der Waals surface area contributed by atoms with Crippen molar-refractivity contribution in [3.05, 3.63) is 64.2 Å². The molecule has 1 aliphatic rings. The lowest BCUT2D eigenvalue weighted by Crippen LogP contribution is -2.49. The van der Waals surface area contributed by atoms with E-state index in [1.54, 1.807) is 23.1 Å². The molecule has 2 aromatic carbocycles. The highest BCUT2D eigenvalue weighted by molar-refractivity contribution is 5.87. The van der Waals surface area contributed by atoms with Gasteiger partial charge < -0.3 is 14.1 Å². The van der Waals surface area contributed by atoms with Crippen molar-refractivity contribution in [3.63, 3.8) is 0 Å². The van der Waals surface area contributed by atoms with Gasteiger partial charge in [-0.1, -0.05) is 24.3 Å². The van der Waals surface area contributed by atoms with E-state index in [0.29, 0.717) is 36.5 Å². The number of para-hydroxylation sites is 1. The summed E-state index contributed by atoms with van der Waals surface area (Å²) in [4.78, 5) is 27.3. The lowest BCUT2D eigenvalue weighted by atomic mass is 10.1. The fourth-order valence-corrected chi connectivity index (χ4v) is 3.89. The van der Waals surface area contributed by atoms with Crippen molar-refractivity contribution in [1.82, 2.24) is 9.80 Å². The van der Waals surface area contributed by atoms with Gasteiger partial charge in [-0.15, -0.1) is 0 Å². The first kappa shape index (κ1) is 21.8. The molecule has 1 saturated heterocycles. The molecule has 0 bridgehead atoms. The number of nitro benzene ring substituents is 1. The fraction of sp³-hybridized carbons (Fsp3) is 0.375. The molecule has 8 nitrogen and oxygen atoms in total. The summed E-state index contributed by atoms with van der Waals surface area (Å²) >= 11 is 0. The zero-order valence-electron chi connectivity index (χ0n) is 18.5. The van der Waals surface area contributed by atoms with E-state index in [4.69, 9.17) is 9.15 Å². The lowest BCUT2D eigenvalue weighted by molar-refractivity contribution is -0.384. The van der Waals surface area contributed by atoms with E-state index in [0.717, 1.165) is 24.0 Å². The van der Waals surface area contributed by atoms with Crippen LogP contribution in [0.1, 0.15) is 26.3 Å². The molecule has 1 amide bonds. The second kappa shape index (κ2) is 8.63. The van der Waals surface area contributed by atoms with Gasteiger partial charge in [0.15, 0.2) is 0 Å². The molecule has 4 rings (SSSR count). The molecule has 168 valence electrons. The molecule has 0 radical (unpaired) electrons. The Bertz CT molecular complexity index is 1140. The maximum atomic E-state index is 12.3. The number of piperazine rings is 1. The molecule has 2 heterocycles. The standard InChI is InChI=1S/C24H27N3O5/c1-24(2,3)32-23(28)26-13-11-25(12-14-26)16-17-7-6-10-21-19(17)15-22(31-21)18-8-4-5-9-20(18)27(29)30/h4-10,15H,11-14,16H2,1-3H3. The van der Waals surface area contributed by atoms with Crippen molar-refractivity contribution in [2.75, 3.05) is 26.2 Å². The molecule has 1 aromatic heterocycles. The predicted octanol–water partition coefficient (Wildman–Crippen LogP) is 5.06. The molecule has 1 fully saturated rings. The van der Waals surface area contributed by atoms with E-state index < -0.39 is 10.5 Å². The third-order valence-electron chi connectivity index (χ3n) is 5.44. The van der Waals surface area contributed by atoms with Crippen LogP contribution in [0.5, 0.6) is 0 Å². The molecular formula is C24H27N3O5. The number of furan rings is 1. The van der Waals surface area contributed by atoms with E-state index in [1.165, 1.54) is 6.07 Å². The Labute approximate surface area is 186 Å². The molecule has 1 aliphatic heterocycles. The SMILES string of the molecule is CC(C)(C)OC(=O)N1CCN(Cc2cccc3oc(-c4ccccc4[N+](=O)[O-])cc23)CC1. The number of carbonyl (C=O) groups excluding carboxylic acids is 1. The molecule has 0 N–H and O–H groups in total. The number of hydrogen-bond acceptors (Lipinski definition) is 6. The number of amides is 1. The quantitative estimate of drug-likeness (QED) is 0.419. The highest BCUT2D eigenvalue weighted by Gasteiger charge is 2.26. The van der Waals surface area contributed by atoms with Gasteiger partial charge in [0.05, 0.1) is 10.5 Å². The van der Waals surface area contributed by atoms with Crippen LogP contribution in [0.25, 0.3) is 22.3 Å². The van der Waals surface area contributed by atoms with Crippen LogP contribution >= 0.6 is 0 Å². The highest BCUT2D eigenvalue weighted by Crippen LogP contribution is 2.35. The smallest absolute Gasteiger partial charge is 0.410 e. The van der Waals surface area contributed by atoms with Crippen LogP contribution in [-0.4, -0.2) is 52.6 Å². The molecule has 0 atom stereocenters. The summed E-state index contributed by atoms with van der Waals surface area (Å²) in [5.74, 6) is 0.481. The van der Waals surface area contributed by atoms with Gasteiger partial charge in [0.2, 0.25) is 0 Å². The van der Waals surface area contributed by atoms with Crippen molar-refractivity contribution in [2.24, 2.45) is 0 Å². The summed E-state index contributed by atoms with van der Waals surface area (Å²) < 4.78 is 11.4. The molecule has 8 heteroatoms. The maximum absolute atomic E-state index is 12.3. The van der Waals surface area contributed by atoms with Crippen LogP contribution in [0.2, 0.25) is 0 Å².